The topological polar surface area (TPSA) is 89.0 Å². The number of amides is 2. The Labute approximate surface area is 239 Å². The van der Waals surface area contributed by atoms with Crippen LogP contribution in [0.3, 0.4) is 0 Å². The van der Waals surface area contributed by atoms with Crippen LogP contribution in [0.25, 0.3) is 10.8 Å². The lowest BCUT2D eigenvalue weighted by Gasteiger charge is -2.12. The molecule has 0 saturated carbocycles. The van der Waals surface area contributed by atoms with Gasteiger partial charge in [-0.15, -0.1) is 0 Å². The van der Waals surface area contributed by atoms with Gasteiger partial charge in [0.25, 0.3) is 0 Å². The zero-order valence-corrected chi connectivity index (χ0v) is 22.8. The van der Waals surface area contributed by atoms with E-state index in [2.05, 4.69) is 31.8 Å². The molecule has 5 aromatic rings. The zero-order valence-electron chi connectivity index (χ0n) is 21.2. The molecule has 0 aliphatic carbocycles. The molecule has 5 rings (SSSR count). The lowest BCUT2D eigenvalue weighted by molar-refractivity contribution is -0.136. The lowest BCUT2D eigenvalue weighted by Crippen LogP contribution is -2.32. The van der Waals surface area contributed by atoms with Gasteiger partial charge in [-0.05, 0) is 70.9 Å². The van der Waals surface area contributed by atoms with Crippen molar-refractivity contribution in [2.24, 2.45) is 5.10 Å². The van der Waals surface area contributed by atoms with E-state index in [1.165, 1.54) is 6.21 Å². The predicted molar refractivity (Wildman–Crippen MR) is 160 cm³/mol. The first-order chi connectivity index (χ1) is 19.5. The fourth-order valence-electron chi connectivity index (χ4n) is 3.95. The molecule has 0 saturated heterocycles. The molecule has 0 bridgehead atoms. The number of nitrogens with zero attached hydrogens (tertiary/aromatic N) is 1. The number of carbonyl (C=O) groups is 2. The third kappa shape index (κ3) is 6.92. The van der Waals surface area contributed by atoms with Gasteiger partial charge in [0.1, 0.15) is 23.9 Å². The molecule has 0 atom stereocenters. The third-order valence-corrected chi connectivity index (χ3v) is 6.36. The van der Waals surface area contributed by atoms with E-state index in [9.17, 15) is 9.59 Å². The molecule has 0 spiro atoms. The van der Waals surface area contributed by atoms with Gasteiger partial charge in [-0.1, -0.05) is 76.6 Å². The standard InChI is InChI=1S/C32H24BrN3O4/c33-24-9-6-7-22(19-24)21-39-30-18-13-23-8-4-5-12-28(23)29(30)20-34-36-32(38)31(37)35-25-14-16-27(17-15-25)40-26-10-2-1-3-11-26/h1-20H,21H2,(H,35,37)(H,36,38)/b34-20+. The molecular weight excluding hydrogens is 570 g/mol. The molecule has 0 aromatic heterocycles. The van der Waals surface area contributed by atoms with Gasteiger partial charge in [-0.3, -0.25) is 9.59 Å². The smallest absolute Gasteiger partial charge is 0.329 e. The van der Waals surface area contributed by atoms with Crippen molar-refractivity contribution in [1.29, 1.82) is 0 Å². The third-order valence-electron chi connectivity index (χ3n) is 5.87. The summed E-state index contributed by atoms with van der Waals surface area (Å²) in [5, 5.41) is 8.49. The Morgan fingerprint density at radius 2 is 1.52 bits per heavy atom. The molecule has 2 N–H and O–H groups in total. The first-order valence-corrected chi connectivity index (χ1v) is 13.2. The number of nitrogens with one attached hydrogen (secondary N) is 2. The van der Waals surface area contributed by atoms with Crippen molar-refractivity contribution in [3.8, 4) is 17.2 Å². The highest BCUT2D eigenvalue weighted by molar-refractivity contribution is 9.10. The predicted octanol–water partition coefficient (Wildman–Crippen LogP) is 7.06. The Morgan fingerprint density at radius 1 is 0.775 bits per heavy atom. The van der Waals surface area contributed by atoms with E-state index in [-0.39, 0.29) is 0 Å². The first-order valence-electron chi connectivity index (χ1n) is 12.4. The average molecular weight is 594 g/mol. The van der Waals surface area contributed by atoms with Crippen molar-refractivity contribution in [3.05, 3.63) is 131 Å². The minimum atomic E-state index is -0.905. The normalized spacial score (nSPS) is 10.8. The zero-order chi connectivity index (χ0) is 27.7. The summed E-state index contributed by atoms with van der Waals surface area (Å²) < 4.78 is 12.8. The Hall–Kier alpha value is -4.95. The number of para-hydroxylation sites is 1. The summed E-state index contributed by atoms with van der Waals surface area (Å²) in [4.78, 5) is 24.9. The van der Waals surface area contributed by atoms with Crippen LogP contribution < -0.4 is 20.2 Å². The second-order valence-corrected chi connectivity index (χ2v) is 9.63. The van der Waals surface area contributed by atoms with Crippen molar-refractivity contribution in [2.45, 2.75) is 6.61 Å². The van der Waals surface area contributed by atoms with Crippen LogP contribution in [0.15, 0.2) is 125 Å². The minimum Gasteiger partial charge on any atom is -0.488 e. The van der Waals surface area contributed by atoms with E-state index in [0.717, 1.165) is 20.8 Å². The number of rotatable bonds is 8. The molecule has 198 valence electrons. The Balaban J connectivity index is 1.23. The van der Waals surface area contributed by atoms with Crippen LogP contribution in [0.5, 0.6) is 17.2 Å². The first kappa shape index (κ1) is 26.6. The van der Waals surface area contributed by atoms with Gasteiger partial charge in [-0.2, -0.15) is 5.10 Å². The Kier molecular flexibility index (Phi) is 8.48. The van der Waals surface area contributed by atoms with Gasteiger partial charge in [-0.25, -0.2) is 5.43 Å². The van der Waals surface area contributed by atoms with Crippen LogP contribution in [-0.4, -0.2) is 18.0 Å². The number of benzene rings is 5. The average Bonchev–Trinajstić information content (AvgIpc) is 2.98. The number of hydrogen-bond donors (Lipinski definition) is 2. The molecule has 0 aliphatic rings. The molecule has 0 heterocycles. The van der Waals surface area contributed by atoms with E-state index < -0.39 is 11.8 Å². The monoisotopic (exact) mass is 593 g/mol. The summed E-state index contributed by atoms with van der Waals surface area (Å²) >= 11 is 3.48. The van der Waals surface area contributed by atoms with E-state index >= 15 is 0 Å². The summed E-state index contributed by atoms with van der Waals surface area (Å²) in [5.74, 6) is 0.144. The Morgan fingerprint density at radius 3 is 2.33 bits per heavy atom. The maximum Gasteiger partial charge on any atom is 0.329 e. The van der Waals surface area contributed by atoms with Crippen LogP contribution in [0.4, 0.5) is 5.69 Å². The summed E-state index contributed by atoms with van der Waals surface area (Å²) in [6.45, 7) is 0.350. The number of hydrazone groups is 1. The largest absolute Gasteiger partial charge is 0.488 e. The second kappa shape index (κ2) is 12.7. The van der Waals surface area contributed by atoms with Crippen molar-refractivity contribution in [2.75, 3.05) is 5.32 Å². The van der Waals surface area contributed by atoms with Gasteiger partial charge in [0, 0.05) is 15.7 Å². The number of carbonyl (C=O) groups excluding carboxylic acids is 2. The summed E-state index contributed by atoms with van der Waals surface area (Å²) in [5.41, 5.74) is 4.43. The van der Waals surface area contributed by atoms with Gasteiger partial charge < -0.3 is 14.8 Å². The highest BCUT2D eigenvalue weighted by atomic mass is 79.9. The van der Waals surface area contributed by atoms with Crippen LogP contribution in [0, 0.1) is 0 Å². The molecule has 7 nitrogen and oxygen atoms in total. The van der Waals surface area contributed by atoms with Crippen molar-refractivity contribution in [3.63, 3.8) is 0 Å². The van der Waals surface area contributed by atoms with Crippen molar-refractivity contribution in [1.82, 2.24) is 5.43 Å². The molecule has 0 fully saturated rings. The van der Waals surface area contributed by atoms with Gasteiger partial charge >= 0.3 is 11.8 Å². The molecule has 2 amide bonds. The van der Waals surface area contributed by atoms with E-state index in [4.69, 9.17) is 9.47 Å². The van der Waals surface area contributed by atoms with Gasteiger partial charge in [0.15, 0.2) is 0 Å². The molecule has 5 aromatic carbocycles. The molecule has 0 radical (unpaired) electrons. The van der Waals surface area contributed by atoms with E-state index in [1.54, 1.807) is 24.3 Å². The summed E-state index contributed by atoms with van der Waals surface area (Å²) in [6, 6.07) is 35.5. The minimum absolute atomic E-state index is 0.350. The van der Waals surface area contributed by atoms with Gasteiger partial charge in [0.05, 0.1) is 6.21 Å². The molecule has 40 heavy (non-hydrogen) atoms. The van der Waals surface area contributed by atoms with Crippen LogP contribution in [0.2, 0.25) is 0 Å². The van der Waals surface area contributed by atoms with Crippen LogP contribution in [0.1, 0.15) is 11.1 Å². The molecular formula is C32H24BrN3O4. The van der Waals surface area contributed by atoms with Gasteiger partial charge in [0.2, 0.25) is 0 Å². The summed E-state index contributed by atoms with van der Waals surface area (Å²) in [6.07, 6.45) is 1.49. The molecule has 0 aliphatic heterocycles. The fourth-order valence-corrected chi connectivity index (χ4v) is 4.39. The van der Waals surface area contributed by atoms with Crippen molar-refractivity contribution >= 4 is 50.4 Å². The molecule has 0 unspecified atom stereocenters. The number of halogens is 1. The Bertz CT molecular complexity index is 1670. The maximum absolute atomic E-state index is 12.4. The fraction of sp³-hybridized carbons (Fsp3) is 0.0312. The SMILES string of the molecule is O=C(N/N=C/c1c(OCc2cccc(Br)c2)ccc2ccccc12)C(=O)Nc1ccc(Oc2ccccc2)cc1. The second-order valence-electron chi connectivity index (χ2n) is 8.71. The highest BCUT2D eigenvalue weighted by Crippen LogP contribution is 2.28. The van der Waals surface area contributed by atoms with Crippen LogP contribution >= 0.6 is 15.9 Å². The number of fused-ring (bicyclic) bond motifs is 1. The van der Waals surface area contributed by atoms with Crippen molar-refractivity contribution < 1.29 is 19.1 Å². The number of anilines is 1. The lowest BCUT2D eigenvalue weighted by atomic mass is 10.0. The molecule has 8 heteroatoms. The maximum atomic E-state index is 12.4. The summed E-state index contributed by atoms with van der Waals surface area (Å²) in [7, 11) is 0. The van der Waals surface area contributed by atoms with E-state index in [1.807, 2.05) is 91.0 Å². The van der Waals surface area contributed by atoms with E-state index in [0.29, 0.717) is 35.1 Å². The van der Waals surface area contributed by atoms with Crippen LogP contribution in [-0.2, 0) is 16.2 Å². The highest BCUT2D eigenvalue weighted by Gasteiger charge is 2.14. The number of hydrogen-bond acceptors (Lipinski definition) is 5. The quantitative estimate of drug-likeness (QED) is 0.114. The number of ether oxygens (including phenoxy) is 2.